The van der Waals surface area contributed by atoms with Crippen LogP contribution in [0.3, 0.4) is 0 Å². The summed E-state index contributed by atoms with van der Waals surface area (Å²) in [7, 11) is -3.51. The Labute approximate surface area is 120 Å². The maximum Gasteiger partial charge on any atom is 0.268 e. The second-order valence-corrected chi connectivity index (χ2v) is 7.13. The first kappa shape index (κ1) is 12.7. The highest BCUT2D eigenvalue weighted by atomic mass is 79.9. The lowest BCUT2D eigenvalue weighted by Gasteiger charge is -2.07. The topological polar surface area (TPSA) is 39.1 Å². The van der Waals surface area contributed by atoms with Crippen molar-refractivity contribution in [1.82, 2.24) is 3.97 Å². The fourth-order valence-corrected chi connectivity index (χ4v) is 3.84. The van der Waals surface area contributed by atoms with E-state index in [9.17, 15) is 8.42 Å². The van der Waals surface area contributed by atoms with Gasteiger partial charge in [0.25, 0.3) is 10.0 Å². The maximum atomic E-state index is 12.6. The molecule has 1 aromatic carbocycles. The van der Waals surface area contributed by atoms with Crippen molar-refractivity contribution in [3.05, 3.63) is 51.6 Å². The Morgan fingerprint density at radius 3 is 2.42 bits per heavy atom. The molecule has 0 aliphatic heterocycles. The van der Waals surface area contributed by atoms with E-state index in [1.807, 2.05) is 12.1 Å². The molecule has 0 saturated carbocycles. The Morgan fingerprint density at radius 2 is 1.68 bits per heavy atom. The first-order valence-electron chi connectivity index (χ1n) is 5.98. The van der Waals surface area contributed by atoms with E-state index in [0.717, 1.165) is 27.9 Å². The summed E-state index contributed by atoms with van der Waals surface area (Å²) in [5.41, 5.74) is 0. The van der Waals surface area contributed by atoms with Crippen LogP contribution in [0.5, 0.6) is 0 Å². The third kappa shape index (κ3) is 2.17. The Hall–Kier alpha value is -1.33. The number of nitrogens with zero attached hydrogens (tertiary/aromatic N) is 1. The largest absolute Gasteiger partial charge is 0.268 e. The molecule has 0 radical (unpaired) electrons. The molecule has 0 N–H and O–H groups in total. The Kier molecular flexibility index (Phi) is 3.11. The zero-order valence-corrected chi connectivity index (χ0v) is 12.5. The molecule has 98 valence electrons. The molecule has 3 nitrogen and oxygen atoms in total. The molecule has 3 rings (SSSR count). The van der Waals surface area contributed by atoms with Gasteiger partial charge in [0.1, 0.15) is 0 Å². The van der Waals surface area contributed by atoms with E-state index in [1.165, 1.54) is 3.97 Å². The van der Waals surface area contributed by atoms with Crippen molar-refractivity contribution in [3.63, 3.8) is 0 Å². The van der Waals surface area contributed by atoms with Crippen LogP contribution in [-0.4, -0.2) is 12.4 Å². The van der Waals surface area contributed by atoms with Crippen molar-refractivity contribution >= 4 is 38.1 Å². The maximum absolute atomic E-state index is 12.6. The van der Waals surface area contributed by atoms with E-state index >= 15 is 0 Å². The van der Waals surface area contributed by atoms with Crippen molar-refractivity contribution in [2.75, 3.05) is 0 Å². The Balaban J connectivity index is 2.22. The number of fused-ring (bicyclic) bond motifs is 1. The molecule has 1 aliphatic carbocycles. The predicted molar refractivity (Wildman–Crippen MR) is 78.6 cm³/mol. The van der Waals surface area contributed by atoms with Gasteiger partial charge in [0.05, 0.1) is 10.2 Å². The van der Waals surface area contributed by atoms with Crippen LogP contribution < -0.4 is 10.6 Å². The van der Waals surface area contributed by atoms with E-state index in [-0.39, 0.29) is 0 Å². The first-order valence-corrected chi connectivity index (χ1v) is 8.21. The summed E-state index contributed by atoms with van der Waals surface area (Å²) in [6, 6.07) is 8.54. The van der Waals surface area contributed by atoms with Gasteiger partial charge in [-0.1, -0.05) is 28.1 Å². The third-order valence-corrected chi connectivity index (χ3v) is 5.39. The van der Waals surface area contributed by atoms with Crippen molar-refractivity contribution in [3.8, 4) is 0 Å². The van der Waals surface area contributed by atoms with Crippen molar-refractivity contribution in [1.29, 1.82) is 0 Å². The van der Waals surface area contributed by atoms with Gasteiger partial charge in [-0.2, -0.15) is 0 Å². The Morgan fingerprint density at radius 1 is 1.00 bits per heavy atom. The number of hydrogen-bond donors (Lipinski definition) is 0. The number of aromatic nitrogens is 1. The van der Waals surface area contributed by atoms with Gasteiger partial charge in [0, 0.05) is 10.7 Å². The standard InChI is InChI=1S/C14H12BrNO2S/c15-12-5-7-13(8-6-12)19(17,18)16-10-9-11-3-1-2-4-14(11)16/h3-10H,1-2H2. The van der Waals surface area contributed by atoms with Crippen LogP contribution >= 0.6 is 15.9 Å². The summed E-state index contributed by atoms with van der Waals surface area (Å²) < 4.78 is 27.4. The van der Waals surface area contributed by atoms with E-state index < -0.39 is 10.0 Å². The lowest BCUT2D eigenvalue weighted by molar-refractivity contribution is 0.586. The lowest BCUT2D eigenvalue weighted by atomic mass is 10.2. The molecule has 0 spiro atoms. The molecule has 1 aromatic heterocycles. The van der Waals surface area contributed by atoms with Crippen molar-refractivity contribution in [2.45, 2.75) is 17.7 Å². The molecule has 0 fully saturated rings. The molecule has 2 aromatic rings. The zero-order chi connectivity index (χ0) is 13.5. The van der Waals surface area contributed by atoms with Gasteiger partial charge in [-0.25, -0.2) is 12.4 Å². The average molecular weight is 338 g/mol. The van der Waals surface area contributed by atoms with E-state index in [1.54, 1.807) is 30.5 Å². The van der Waals surface area contributed by atoms with Crippen LogP contribution in [-0.2, 0) is 10.0 Å². The second kappa shape index (κ2) is 4.65. The van der Waals surface area contributed by atoms with Gasteiger partial charge in [-0.3, -0.25) is 0 Å². The molecule has 1 heterocycles. The monoisotopic (exact) mass is 337 g/mol. The molecular formula is C14H12BrNO2S. The highest BCUT2D eigenvalue weighted by Crippen LogP contribution is 2.16. The van der Waals surface area contributed by atoms with Crippen LogP contribution in [0.25, 0.3) is 12.2 Å². The minimum absolute atomic E-state index is 0.299. The fourth-order valence-electron chi connectivity index (χ4n) is 2.21. The van der Waals surface area contributed by atoms with E-state index in [2.05, 4.69) is 22.0 Å². The molecular weight excluding hydrogens is 326 g/mol. The number of rotatable bonds is 2. The number of hydrogen-bond acceptors (Lipinski definition) is 2. The van der Waals surface area contributed by atoms with Gasteiger partial charge in [0.2, 0.25) is 0 Å². The average Bonchev–Trinajstić information content (AvgIpc) is 2.83. The summed E-state index contributed by atoms with van der Waals surface area (Å²) in [4.78, 5) is 0.299. The van der Waals surface area contributed by atoms with Crippen molar-refractivity contribution in [2.24, 2.45) is 0 Å². The molecule has 0 bridgehead atoms. The molecule has 0 unspecified atom stereocenters. The third-order valence-electron chi connectivity index (χ3n) is 3.16. The van der Waals surface area contributed by atoms with Gasteiger partial charge >= 0.3 is 0 Å². The smallest absolute Gasteiger partial charge is 0.241 e. The van der Waals surface area contributed by atoms with Crippen LogP contribution in [0, 0.1) is 0 Å². The van der Waals surface area contributed by atoms with Gasteiger partial charge in [0.15, 0.2) is 0 Å². The lowest BCUT2D eigenvalue weighted by Crippen LogP contribution is -2.34. The summed E-state index contributed by atoms with van der Waals surface area (Å²) in [5.74, 6) is 0. The molecule has 5 heteroatoms. The van der Waals surface area contributed by atoms with Crippen molar-refractivity contribution < 1.29 is 8.42 Å². The van der Waals surface area contributed by atoms with Crippen LogP contribution in [0.2, 0.25) is 0 Å². The quantitative estimate of drug-likeness (QED) is 0.838. The zero-order valence-electron chi connectivity index (χ0n) is 10.1. The van der Waals surface area contributed by atoms with E-state index in [4.69, 9.17) is 0 Å². The minimum atomic E-state index is -3.51. The number of halogens is 1. The van der Waals surface area contributed by atoms with Gasteiger partial charge < -0.3 is 0 Å². The molecule has 1 aliphatic rings. The SMILES string of the molecule is O=S(=O)(c1ccc(Br)cc1)n1ccc2c1=CCCC=2. The van der Waals surface area contributed by atoms with Crippen LogP contribution in [0.4, 0.5) is 0 Å². The summed E-state index contributed by atoms with van der Waals surface area (Å²) >= 11 is 3.31. The van der Waals surface area contributed by atoms with Gasteiger partial charge in [-0.05, 0) is 48.4 Å². The minimum Gasteiger partial charge on any atom is -0.241 e. The predicted octanol–water partition coefficient (Wildman–Crippen LogP) is 1.84. The summed E-state index contributed by atoms with van der Waals surface area (Å²) in [6.07, 6.45) is 7.53. The molecule has 0 amide bonds. The number of benzene rings is 1. The van der Waals surface area contributed by atoms with Crippen LogP contribution in [0.15, 0.2) is 45.9 Å². The molecule has 0 saturated heterocycles. The van der Waals surface area contributed by atoms with Gasteiger partial charge in [-0.15, -0.1) is 0 Å². The van der Waals surface area contributed by atoms with E-state index in [0.29, 0.717) is 4.90 Å². The second-order valence-electron chi connectivity index (χ2n) is 4.40. The first-order chi connectivity index (χ1) is 9.09. The molecule has 19 heavy (non-hydrogen) atoms. The normalized spacial score (nSPS) is 14.4. The highest BCUT2D eigenvalue weighted by Gasteiger charge is 2.17. The molecule has 0 atom stereocenters. The Bertz CT molecular complexity index is 833. The summed E-state index contributed by atoms with van der Waals surface area (Å²) in [5, 5.41) is 1.76. The summed E-state index contributed by atoms with van der Waals surface area (Å²) in [6.45, 7) is 0. The fraction of sp³-hybridized carbons (Fsp3) is 0.143. The van der Waals surface area contributed by atoms with Crippen LogP contribution in [0.1, 0.15) is 12.8 Å². The highest BCUT2D eigenvalue weighted by molar-refractivity contribution is 9.10.